The molecule has 1 aliphatic heterocycles. The number of ketones is 1. The van der Waals surface area contributed by atoms with Crippen LogP contribution < -0.4 is 0 Å². The molecule has 2 unspecified atom stereocenters. The molecule has 0 amide bonds. The summed E-state index contributed by atoms with van der Waals surface area (Å²) in [5.74, 6) is -0.179. The van der Waals surface area contributed by atoms with Gasteiger partial charge in [0.25, 0.3) is 0 Å². The van der Waals surface area contributed by atoms with Crippen molar-refractivity contribution in [3.63, 3.8) is 0 Å². The molecule has 0 bridgehead atoms. The van der Waals surface area contributed by atoms with Crippen molar-refractivity contribution in [2.75, 3.05) is 6.54 Å². The second kappa shape index (κ2) is 6.29. The van der Waals surface area contributed by atoms with Crippen molar-refractivity contribution in [1.29, 1.82) is 0 Å². The highest BCUT2D eigenvalue weighted by Gasteiger charge is 2.26. The van der Waals surface area contributed by atoms with Crippen molar-refractivity contribution < 1.29 is 9.18 Å². The second-order valence-corrected chi connectivity index (χ2v) is 5.61. The highest BCUT2D eigenvalue weighted by molar-refractivity contribution is 5.82. The predicted molar refractivity (Wildman–Crippen MR) is 74.6 cm³/mol. The number of carbonyl (C=O) groups is 1. The lowest BCUT2D eigenvalue weighted by Crippen LogP contribution is -2.46. The number of Topliss-reactive ketones (excluding diaryl/α,β-unsaturated/α-hetero) is 1. The van der Waals surface area contributed by atoms with Crippen LogP contribution >= 0.6 is 0 Å². The molecule has 0 aromatic heterocycles. The molecule has 1 aliphatic rings. The van der Waals surface area contributed by atoms with Crippen molar-refractivity contribution in [3.05, 3.63) is 35.6 Å². The zero-order valence-electron chi connectivity index (χ0n) is 11.7. The molecule has 0 radical (unpaired) electrons. The molecular formula is C16H22FNO. The molecule has 2 rings (SSSR count). The summed E-state index contributed by atoms with van der Waals surface area (Å²) >= 11 is 0. The van der Waals surface area contributed by atoms with Crippen LogP contribution in [-0.2, 0) is 11.2 Å². The molecule has 0 N–H and O–H groups in total. The molecule has 104 valence electrons. The largest absolute Gasteiger partial charge is 0.298 e. The SMILES string of the molecule is CC1CCCC(C)N1CC(=O)Cc1ccccc1F. The van der Waals surface area contributed by atoms with Crippen molar-refractivity contribution in [1.82, 2.24) is 4.90 Å². The van der Waals surface area contributed by atoms with Crippen LogP contribution in [-0.4, -0.2) is 29.3 Å². The van der Waals surface area contributed by atoms with Crippen molar-refractivity contribution in [2.45, 2.75) is 51.6 Å². The Labute approximate surface area is 114 Å². The summed E-state index contributed by atoms with van der Waals surface area (Å²) in [6, 6.07) is 7.43. The Hall–Kier alpha value is -1.22. The summed E-state index contributed by atoms with van der Waals surface area (Å²) in [5.41, 5.74) is 0.504. The van der Waals surface area contributed by atoms with Gasteiger partial charge in [-0.3, -0.25) is 9.69 Å². The number of hydrogen-bond acceptors (Lipinski definition) is 2. The average molecular weight is 263 g/mol. The molecule has 0 aliphatic carbocycles. The maximum Gasteiger partial charge on any atom is 0.151 e. The molecule has 3 heteroatoms. The molecule has 2 nitrogen and oxygen atoms in total. The van der Waals surface area contributed by atoms with Gasteiger partial charge in [0.1, 0.15) is 5.82 Å². The van der Waals surface area contributed by atoms with E-state index in [9.17, 15) is 9.18 Å². The van der Waals surface area contributed by atoms with E-state index in [1.54, 1.807) is 18.2 Å². The van der Waals surface area contributed by atoms with Crippen LogP contribution in [0.15, 0.2) is 24.3 Å². The number of hydrogen-bond donors (Lipinski definition) is 0. The summed E-state index contributed by atoms with van der Waals surface area (Å²) in [4.78, 5) is 14.4. The van der Waals surface area contributed by atoms with Gasteiger partial charge >= 0.3 is 0 Å². The number of likely N-dealkylation sites (tertiary alicyclic amines) is 1. The maximum atomic E-state index is 13.5. The van der Waals surface area contributed by atoms with Crippen LogP contribution in [0, 0.1) is 5.82 Å². The molecule has 1 saturated heterocycles. The Morgan fingerprint density at radius 3 is 2.53 bits per heavy atom. The Balaban J connectivity index is 1.96. The Morgan fingerprint density at radius 2 is 1.89 bits per heavy atom. The molecule has 0 saturated carbocycles. The fourth-order valence-corrected chi connectivity index (χ4v) is 2.90. The van der Waals surface area contributed by atoms with Crippen LogP contribution in [0.3, 0.4) is 0 Å². The molecule has 1 heterocycles. The average Bonchev–Trinajstić information content (AvgIpc) is 2.37. The van der Waals surface area contributed by atoms with Crippen molar-refractivity contribution in [3.8, 4) is 0 Å². The summed E-state index contributed by atoms with van der Waals surface area (Å²) < 4.78 is 13.5. The van der Waals surface area contributed by atoms with Gasteiger partial charge in [-0.2, -0.15) is 0 Å². The Morgan fingerprint density at radius 1 is 1.26 bits per heavy atom. The smallest absolute Gasteiger partial charge is 0.151 e. The van der Waals surface area contributed by atoms with E-state index in [4.69, 9.17) is 0 Å². The number of nitrogens with zero attached hydrogens (tertiary/aromatic N) is 1. The molecule has 19 heavy (non-hydrogen) atoms. The zero-order valence-corrected chi connectivity index (χ0v) is 11.7. The van der Waals surface area contributed by atoms with Gasteiger partial charge < -0.3 is 0 Å². The minimum Gasteiger partial charge on any atom is -0.298 e. The monoisotopic (exact) mass is 263 g/mol. The van der Waals surface area contributed by atoms with Crippen LogP contribution in [0.4, 0.5) is 4.39 Å². The minimum absolute atomic E-state index is 0.103. The lowest BCUT2D eigenvalue weighted by molar-refractivity contribution is -0.121. The Bertz CT molecular complexity index is 436. The van der Waals surface area contributed by atoms with Crippen LogP contribution in [0.5, 0.6) is 0 Å². The standard InChI is InChI=1S/C16H22FNO/c1-12-6-5-7-13(2)18(12)11-15(19)10-14-8-3-4-9-16(14)17/h3-4,8-9,12-13H,5-7,10-11H2,1-2H3. The van der Waals surface area contributed by atoms with E-state index in [0.29, 0.717) is 24.2 Å². The van der Waals surface area contributed by atoms with E-state index in [0.717, 1.165) is 12.8 Å². The normalized spacial score (nSPS) is 24.4. The van der Waals surface area contributed by atoms with Crippen molar-refractivity contribution >= 4 is 5.78 Å². The van der Waals surface area contributed by atoms with E-state index >= 15 is 0 Å². The molecule has 0 spiro atoms. The molecule has 2 atom stereocenters. The van der Waals surface area contributed by atoms with E-state index in [1.165, 1.54) is 12.5 Å². The third-order valence-corrected chi connectivity index (χ3v) is 4.08. The highest BCUT2D eigenvalue weighted by Crippen LogP contribution is 2.22. The first-order valence-corrected chi connectivity index (χ1v) is 7.08. The number of halogens is 1. The first-order chi connectivity index (χ1) is 9.08. The molecule has 1 fully saturated rings. The molecule has 1 aromatic carbocycles. The van der Waals surface area contributed by atoms with Crippen molar-refractivity contribution in [2.24, 2.45) is 0 Å². The summed E-state index contributed by atoms with van der Waals surface area (Å²) in [6.07, 6.45) is 3.73. The van der Waals surface area contributed by atoms with E-state index in [2.05, 4.69) is 18.7 Å². The third-order valence-electron chi connectivity index (χ3n) is 4.08. The van der Waals surface area contributed by atoms with Gasteiger partial charge in [-0.15, -0.1) is 0 Å². The molecule has 1 aromatic rings. The summed E-state index contributed by atoms with van der Waals surface area (Å²) in [7, 11) is 0. The van der Waals surface area contributed by atoms with Crippen LogP contribution in [0.2, 0.25) is 0 Å². The van der Waals surface area contributed by atoms with Gasteiger partial charge in [0.2, 0.25) is 0 Å². The Kier molecular flexibility index (Phi) is 4.70. The maximum absolute atomic E-state index is 13.5. The van der Waals surface area contributed by atoms with Crippen LogP contribution in [0.25, 0.3) is 0 Å². The van der Waals surface area contributed by atoms with Gasteiger partial charge in [0.15, 0.2) is 5.78 Å². The number of rotatable bonds is 4. The predicted octanol–water partition coefficient (Wildman–Crippen LogP) is 3.20. The van der Waals surface area contributed by atoms with Crippen LogP contribution in [0.1, 0.15) is 38.7 Å². The van der Waals surface area contributed by atoms with Gasteiger partial charge in [-0.05, 0) is 38.3 Å². The second-order valence-electron chi connectivity index (χ2n) is 5.61. The number of benzene rings is 1. The van der Waals surface area contributed by atoms with Gasteiger partial charge in [-0.1, -0.05) is 24.6 Å². The lowest BCUT2D eigenvalue weighted by Gasteiger charge is -2.38. The topological polar surface area (TPSA) is 20.3 Å². The zero-order chi connectivity index (χ0) is 13.8. The molecular weight excluding hydrogens is 241 g/mol. The van der Waals surface area contributed by atoms with Gasteiger partial charge in [-0.25, -0.2) is 4.39 Å². The first-order valence-electron chi connectivity index (χ1n) is 7.08. The summed E-state index contributed by atoms with van der Waals surface area (Å²) in [5, 5.41) is 0. The van der Waals surface area contributed by atoms with E-state index in [1.807, 2.05) is 0 Å². The number of carbonyl (C=O) groups excluding carboxylic acids is 1. The van der Waals surface area contributed by atoms with E-state index < -0.39 is 0 Å². The lowest BCUT2D eigenvalue weighted by atomic mass is 9.96. The minimum atomic E-state index is -0.282. The first kappa shape index (κ1) is 14.2. The number of piperidine rings is 1. The fourth-order valence-electron chi connectivity index (χ4n) is 2.90. The quantitative estimate of drug-likeness (QED) is 0.831. The van der Waals surface area contributed by atoms with Gasteiger partial charge in [0.05, 0.1) is 6.54 Å². The van der Waals surface area contributed by atoms with Gasteiger partial charge in [0, 0.05) is 18.5 Å². The highest BCUT2D eigenvalue weighted by atomic mass is 19.1. The third kappa shape index (κ3) is 3.63. The summed E-state index contributed by atoms with van der Waals surface area (Å²) in [6.45, 7) is 4.79. The fraction of sp³-hybridized carbons (Fsp3) is 0.562. The van der Waals surface area contributed by atoms with E-state index in [-0.39, 0.29) is 18.0 Å².